The minimum atomic E-state index is -9.28. The van der Waals surface area contributed by atoms with Crippen molar-refractivity contribution in [3.05, 3.63) is 11.6 Å². The number of halogens is 22. The van der Waals surface area contributed by atoms with Crippen LogP contribution in [0.2, 0.25) is 0 Å². The summed E-state index contributed by atoms with van der Waals surface area (Å²) in [6.45, 7) is 2.15. The molecule has 0 spiro atoms. The standard InChI is InChI=1S/C13H2ClF21O2/c1-2(14)3(36)37-13(34,35)11(29,30)9(25,26)7(21,22)5(17,18)4(15,16)6(19,20)8(23,24)10(27,28)12(31,32)33/h1H2. The topological polar surface area (TPSA) is 26.3 Å². The van der Waals surface area contributed by atoms with Gasteiger partial charge in [0, 0.05) is 0 Å². The molecule has 220 valence electrons. The number of alkyl halides is 21. The van der Waals surface area contributed by atoms with Crippen molar-refractivity contribution >= 4 is 17.6 Å². The molecule has 0 fully saturated rings. The first kappa shape index (κ1) is 35.0. The summed E-state index contributed by atoms with van der Waals surface area (Å²) in [5.41, 5.74) is 0. The van der Waals surface area contributed by atoms with Crippen molar-refractivity contribution < 1.29 is 102 Å². The Balaban J connectivity index is 7.05. The molecule has 0 unspecified atom stereocenters. The van der Waals surface area contributed by atoms with Gasteiger partial charge in [-0.25, -0.2) is 4.79 Å². The maximum absolute atomic E-state index is 13.5. The number of hydrogen-bond donors (Lipinski definition) is 0. The van der Waals surface area contributed by atoms with Gasteiger partial charge in [-0.05, 0) is 0 Å². The van der Waals surface area contributed by atoms with Crippen LogP contribution in [0, 0.1) is 0 Å². The number of ether oxygens (including phenoxy) is 1. The zero-order valence-electron chi connectivity index (χ0n) is 15.8. The first-order valence-corrected chi connectivity index (χ1v) is 8.00. The van der Waals surface area contributed by atoms with Crippen LogP contribution in [-0.2, 0) is 9.53 Å². The highest BCUT2D eigenvalue weighted by atomic mass is 35.5. The molecule has 37 heavy (non-hydrogen) atoms. The third kappa shape index (κ3) is 4.51. The van der Waals surface area contributed by atoms with Gasteiger partial charge in [-0.2, -0.15) is 92.2 Å². The molecule has 0 aromatic carbocycles. The Morgan fingerprint density at radius 1 is 0.459 bits per heavy atom. The van der Waals surface area contributed by atoms with Crippen LogP contribution in [0.15, 0.2) is 11.6 Å². The van der Waals surface area contributed by atoms with Crippen LogP contribution in [-0.4, -0.2) is 65.6 Å². The van der Waals surface area contributed by atoms with E-state index in [0.29, 0.717) is 0 Å². The van der Waals surface area contributed by atoms with Crippen LogP contribution in [0.3, 0.4) is 0 Å². The van der Waals surface area contributed by atoms with E-state index in [0.717, 1.165) is 0 Å². The maximum atomic E-state index is 13.5. The Labute approximate surface area is 191 Å². The maximum Gasteiger partial charge on any atom is 0.473 e. The smallest absolute Gasteiger partial charge is 0.392 e. The summed E-state index contributed by atoms with van der Waals surface area (Å²) in [5.74, 6) is -74.7. The summed E-state index contributed by atoms with van der Waals surface area (Å²) in [6, 6.07) is 0. The summed E-state index contributed by atoms with van der Waals surface area (Å²) >= 11 is 4.48. The summed E-state index contributed by atoms with van der Waals surface area (Å²) in [6.07, 6.45) is -15.6. The lowest BCUT2D eigenvalue weighted by Gasteiger charge is -2.44. The van der Waals surface area contributed by atoms with Crippen LogP contribution >= 0.6 is 11.6 Å². The van der Waals surface area contributed by atoms with Gasteiger partial charge in [0.25, 0.3) is 0 Å². The van der Waals surface area contributed by atoms with Gasteiger partial charge in [0.05, 0.1) is 0 Å². The molecule has 0 aliphatic heterocycles. The molecule has 0 aromatic rings. The number of carbonyl (C=O) groups is 1. The molecule has 0 aliphatic rings. The number of carbonyl (C=O) groups excluding carboxylic acids is 1. The lowest BCUT2D eigenvalue weighted by molar-refractivity contribution is -0.482. The second kappa shape index (κ2) is 8.78. The molecule has 0 rings (SSSR count). The average Bonchev–Trinajstić information content (AvgIpc) is 2.65. The van der Waals surface area contributed by atoms with E-state index in [9.17, 15) is 97.0 Å². The molecular weight excluding hydrogens is 623 g/mol. The molecule has 0 N–H and O–H groups in total. The van der Waals surface area contributed by atoms with Gasteiger partial charge < -0.3 is 4.74 Å². The number of hydrogen-bond acceptors (Lipinski definition) is 2. The van der Waals surface area contributed by atoms with E-state index in [1.54, 1.807) is 0 Å². The molecule has 0 bridgehead atoms. The van der Waals surface area contributed by atoms with Gasteiger partial charge in [-0.3, -0.25) is 0 Å². The fourth-order valence-electron chi connectivity index (χ4n) is 1.78. The SMILES string of the molecule is C=C(Cl)C(=O)OC(F)(F)C(F)(F)C(F)(F)C(F)(F)C(F)(F)C(F)(F)C(F)(F)C(F)(F)C(F)(F)C(F)(F)F. The second-order valence-electron chi connectivity index (χ2n) is 6.40. The summed E-state index contributed by atoms with van der Waals surface area (Å²) in [4.78, 5) is 10.6. The average molecular weight is 625 g/mol. The first-order valence-electron chi connectivity index (χ1n) is 7.62. The first-order chi connectivity index (χ1) is 15.6. The molecule has 2 nitrogen and oxygen atoms in total. The van der Waals surface area contributed by atoms with Gasteiger partial charge in [0.15, 0.2) is 0 Å². The van der Waals surface area contributed by atoms with E-state index in [-0.39, 0.29) is 0 Å². The van der Waals surface area contributed by atoms with Crippen LogP contribution in [0.4, 0.5) is 92.2 Å². The zero-order valence-corrected chi connectivity index (χ0v) is 16.6. The van der Waals surface area contributed by atoms with Gasteiger partial charge in [0.1, 0.15) is 5.03 Å². The molecule has 24 heteroatoms. The van der Waals surface area contributed by atoms with E-state index in [1.165, 1.54) is 0 Å². The summed E-state index contributed by atoms with van der Waals surface area (Å²) in [7, 11) is 0. The minimum absolute atomic E-state index is 1.95. The predicted octanol–water partition coefficient (Wildman–Crippen LogP) is 7.52. The quantitative estimate of drug-likeness (QED) is 0.143. The van der Waals surface area contributed by atoms with Crippen LogP contribution < -0.4 is 0 Å². The van der Waals surface area contributed by atoms with E-state index < -0.39 is 70.7 Å². The second-order valence-corrected chi connectivity index (χ2v) is 6.86. The predicted molar refractivity (Wildman–Crippen MR) is 71.7 cm³/mol. The van der Waals surface area contributed by atoms with Gasteiger partial charge >= 0.3 is 65.6 Å². The third-order valence-corrected chi connectivity index (χ3v) is 4.08. The molecule has 0 radical (unpaired) electrons. The van der Waals surface area contributed by atoms with Gasteiger partial charge in [-0.1, -0.05) is 18.2 Å². The molecule has 0 aliphatic carbocycles. The van der Waals surface area contributed by atoms with Crippen LogP contribution in [0.5, 0.6) is 0 Å². The van der Waals surface area contributed by atoms with Gasteiger partial charge in [0.2, 0.25) is 0 Å². The number of rotatable bonds is 10. The summed E-state index contributed by atoms with van der Waals surface area (Å²) in [5, 5.41) is -1.95. The van der Waals surface area contributed by atoms with Crippen molar-refractivity contribution in [2.24, 2.45) is 0 Å². The lowest BCUT2D eigenvalue weighted by Crippen LogP contribution is -2.77. The van der Waals surface area contributed by atoms with Gasteiger partial charge in [-0.15, -0.1) is 0 Å². The molecule has 0 saturated carbocycles. The summed E-state index contributed by atoms with van der Waals surface area (Å²) < 4.78 is 276. The van der Waals surface area contributed by atoms with E-state index in [4.69, 9.17) is 0 Å². The Morgan fingerprint density at radius 2 is 0.676 bits per heavy atom. The lowest BCUT2D eigenvalue weighted by atomic mass is 9.87. The van der Waals surface area contributed by atoms with Crippen molar-refractivity contribution in [1.82, 2.24) is 0 Å². The third-order valence-electron chi connectivity index (χ3n) is 3.92. The van der Waals surface area contributed by atoms with E-state index in [2.05, 4.69) is 22.9 Å². The Hall–Kier alpha value is -1.97. The van der Waals surface area contributed by atoms with Crippen molar-refractivity contribution in [3.63, 3.8) is 0 Å². The normalized spacial score (nSPS) is 16.1. The fourth-order valence-corrected chi connectivity index (χ4v) is 1.82. The van der Waals surface area contributed by atoms with Crippen molar-refractivity contribution in [2.75, 3.05) is 0 Å². The minimum Gasteiger partial charge on any atom is -0.392 e. The Morgan fingerprint density at radius 3 is 0.892 bits per heavy atom. The highest BCUT2D eigenvalue weighted by molar-refractivity contribution is 6.40. The van der Waals surface area contributed by atoms with Crippen molar-refractivity contribution in [3.8, 4) is 0 Å². The highest BCUT2D eigenvalue weighted by Gasteiger charge is 2.98. The Bertz CT molecular complexity index is 901. The van der Waals surface area contributed by atoms with E-state index in [1.807, 2.05) is 0 Å². The molecule has 0 saturated heterocycles. The van der Waals surface area contributed by atoms with Crippen molar-refractivity contribution in [2.45, 2.75) is 59.7 Å². The van der Waals surface area contributed by atoms with Crippen molar-refractivity contribution in [1.29, 1.82) is 0 Å². The monoisotopic (exact) mass is 624 g/mol. The largest absolute Gasteiger partial charge is 0.473 e. The molecule has 0 heterocycles. The Kier molecular flexibility index (Phi) is 8.31. The molecule has 0 amide bonds. The fraction of sp³-hybridized carbons (Fsp3) is 0.769. The zero-order chi connectivity index (χ0) is 30.9. The highest BCUT2D eigenvalue weighted by Crippen LogP contribution is 2.66. The molecule has 0 atom stereocenters. The molecular formula is C13H2ClF21O2. The van der Waals surface area contributed by atoms with Crippen LogP contribution in [0.1, 0.15) is 0 Å². The van der Waals surface area contributed by atoms with Crippen LogP contribution in [0.25, 0.3) is 0 Å². The van der Waals surface area contributed by atoms with E-state index >= 15 is 0 Å². The number of esters is 1. The molecule has 0 aromatic heterocycles.